The quantitative estimate of drug-likeness (QED) is 0.494. The first-order chi connectivity index (χ1) is 14.8. The lowest BCUT2D eigenvalue weighted by molar-refractivity contribution is 0.0954. The summed E-state index contributed by atoms with van der Waals surface area (Å²) in [6, 6.07) is 9.10. The summed E-state index contributed by atoms with van der Waals surface area (Å²) >= 11 is 1.06. The van der Waals surface area contributed by atoms with Gasteiger partial charge in [0, 0.05) is 24.5 Å². The second-order valence-corrected chi connectivity index (χ2v) is 8.00. The molecule has 1 aromatic carbocycles. The van der Waals surface area contributed by atoms with E-state index in [4.69, 9.17) is 5.73 Å². The fourth-order valence-corrected chi connectivity index (χ4v) is 4.20. The Bertz CT molecular complexity index is 1420. The maximum Gasteiger partial charge on any atom is 0.336 e. The third-order valence-corrected chi connectivity index (χ3v) is 5.95. The number of nitrogens with one attached hydrogen (secondary N) is 1. The van der Waals surface area contributed by atoms with Gasteiger partial charge in [-0.3, -0.25) is 18.6 Å². The second-order valence-electron chi connectivity index (χ2n) is 6.97. The standard InChI is InChI=1S/C21H18FN5O3S/c1-12-19(29)26(10-14-3-2-4-15(22)7-14)21(30)27-11-16(31-20(12)27)18(28)25-9-13-5-6-24-17(23)8-13/h2-8,11H,9-10H2,1H3,(H2,23,24)(H,25,28). The SMILES string of the molecule is Cc1c(=O)n(Cc2cccc(F)c2)c(=O)n2cc(C(=O)NCc3ccnc(N)c3)sc12. The fourth-order valence-electron chi connectivity index (χ4n) is 3.20. The smallest absolute Gasteiger partial charge is 0.336 e. The minimum atomic E-state index is -0.591. The predicted octanol–water partition coefficient (Wildman–Crippen LogP) is 1.93. The van der Waals surface area contributed by atoms with E-state index in [1.807, 2.05) is 0 Å². The number of hydrogen-bond donors (Lipinski definition) is 2. The van der Waals surface area contributed by atoms with E-state index in [1.165, 1.54) is 28.8 Å². The Hall–Kier alpha value is -3.79. The number of nitrogens with two attached hydrogens (primary N) is 1. The molecule has 0 fully saturated rings. The van der Waals surface area contributed by atoms with E-state index in [1.54, 1.807) is 31.3 Å². The summed E-state index contributed by atoms with van der Waals surface area (Å²) < 4.78 is 15.8. The van der Waals surface area contributed by atoms with Gasteiger partial charge in [-0.2, -0.15) is 0 Å². The molecule has 4 rings (SSSR count). The van der Waals surface area contributed by atoms with Crippen LogP contribution in [0.1, 0.15) is 26.4 Å². The number of halogens is 1. The highest BCUT2D eigenvalue weighted by Crippen LogP contribution is 2.18. The van der Waals surface area contributed by atoms with E-state index in [0.29, 0.717) is 21.8 Å². The molecule has 0 aliphatic carbocycles. The highest BCUT2D eigenvalue weighted by molar-refractivity contribution is 7.19. The molecule has 0 saturated heterocycles. The van der Waals surface area contributed by atoms with Crippen LogP contribution in [0.4, 0.5) is 10.2 Å². The van der Waals surface area contributed by atoms with Crippen LogP contribution in [0.5, 0.6) is 0 Å². The average Bonchev–Trinajstić information content (AvgIpc) is 3.20. The van der Waals surface area contributed by atoms with E-state index < -0.39 is 17.1 Å². The van der Waals surface area contributed by atoms with Crippen molar-refractivity contribution in [2.45, 2.75) is 20.0 Å². The summed E-state index contributed by atoms with van der Waals surface area (Å²) in [4.78, 5) is 42.9. The van der Waals surface area contributed by atoms with Crippen molar-refractivity contribution < 1.29 is 9.18 Å². The van der Waals surface area contributed by atoms with Gasteiger partial charge in [-0.25, -0.2) is 14.2 Å². The average molecular weight is 439 g/mol. The largest absolute Gasteiger partial charge is 0.384 e. The number of carbonyl (C=O) groups is 1. The number of fused-ring (bicyclic) bond motifs is 1. The number of aryl methyl sites for hydroxylation is 1. The Morgan fingerprint density at radius 2 is 2.03 bits per heavy atom. The first-order valence-corrected chi connectivity index (χ1v) is 10.1. The zero-order valence-corrected chi connectivity index (χ0v) is 17.3. The van der Waals surface area contributed by atoms with Gasteiger partial charge in [0.1, 0.15) is 21.3 Å². The molecule has 0 saturated carbocycles. The van der Waals surface area contributed by atoms with Crippen LogP contribution < -0.4 is 22.3 Å². The van der Waals surface area contributed by atoms with Crippen molar-refractivity contribution in [2.24, 2.45) is 0 Å². The molecule has 4 aromatic rings. The number of anilines is 1. The third kappa shape index (κ3) is 4.10. The first kappa shape index (κ1) is 20.5. The molecule has 31 heavy (non-hydrogen) atoms. The minimum Gasteiger partial charge on any atom is -0.384 e. The van der Waals surface area contributed by atoms with Gasteiger partial charge in [0.15, 0.2) is 0 Å². The molecular weight excluding hydrogens is 421 g/mol. The van der Waals surface area contributed by atoms with Crippen molar-refractivity contribution in [2.75, 3.05) is 5.73 Å². The van der Waals surface area contributed by atoms with E-state index in [9.17, 15) is 18.8 Å². The van der Waals surface area contributed by atoms with Gasteiger partial charge in [0.2, 0.25) is 0 Å². The molecule has 0 aliphatic rings. The molecule has 8 nitrogen and oxygen atoms in total. The van der Waals surface area contributed by atoms with Crippen molar-refractivity contribution in [1.29, 1.82) is 0 Å². The van der Waals surface area contributed by atoms with Crippen molar-refractivity contribution in [3.63, 3.8) is 0 Å². The number of hydrogen-bond acceptors (Lipinski definition) is 6. The summed E-state index contributed by atoms with van der Waals surface area (Å²) in [5.41, 5.74) is 6.18. The lowest BCUT2D eigenvalue weighted by atomic mass is 10.2. The molecule has 10 heteroatoms. The van der Waals surface area contributed by atoms with Crippen LogP contribution >= 0.6 is 11.3 Å². The molecule has 3 aromatic heterocycles. The minimum absolute atomic E-state index is 0.0694. The van der Waals surface area contributed by atoms with Gasteiger partial charge in [-0.05, 0) is 42.3 Å². The predicted molar refractivity (Wildman–Crippen MR) is 116 cm³/mol. The number of nitrogen functional groups attached to an aromatic ring is 1. The molecule has 3 N–H and O–H groups in total. The fraction of sp³-hybridized carbons (Fsp3) is 0.143. The molecular formula is C21H18FN5O3S. The van der Waals surface area contributed by atoms with Crippen LogP contribution in [0, 0.1) is 12.7 Å². The normalized spacial score (nSPS) is 11.0. The topological polar surface area (TPSA) is 111 Å². The molecule has 0 atom stereocenters. The number of carbonyl (C=O) groups excluding carboxylic acids is 1. The number of rotatable bonds is 5. The molecule has 3 heterocycles. The van der Waals surface area contributed by atoms with Crippen LogP contribution in [0.15, 0.2) is 58.4 Å². The monoisotopic (exact) mass is 439 g/mol. The first-order valence-electron chi connectivity index (χ1n) is 9.32. The summed E-state index contributed by atoms with van der Waals surface area (Å²) in [6.07, 6.45) is 2.96. The Kier molecular flexibility index (Phi) is 5.38. The van der Waals surface area contributed by atoms with Crippen molar-refractivity contribution in [1.82, 2.24) is 19.3 Å². The van der Waals surface area contributed by atoms with Crippen LogP contribution in [0.2, 0.25) is 0 Å². The number of benzene rings is 1. The number of pyridine rings is 1. The molecule has 0 aliphatic heterocycles. The third-order valence-electron chi connectivity index (χ3n) is 4.75. The molecule has 0 radical (unpaired) electrons. The number of amides is 1. The van der Waals surface area contributed by atoms with Crippen LogP contribution in [-0.2, 0) is 13.1 Å². The van der Waals surface area contributed by atoms with Crippen LogP contribution in [0.3, 0.4) is 0 Å². The van der Waals surface area contributed by atoms with Gasteiger partial charge < -0.3 is 11.1 Å². The van der Waals surface area contributed by atoms with Crippen molar-refractivity contribution >= 4 is 27.9 Å². The highest BCUT2D eigenvalue weighted by atomic mass is 32.1. The van der Waals surface area contributed by atoms with Crippen LogP contribution in [-0.4, -0.2) is 19.9 Å². The van der Waals surface area contributed by atoms with Crippen molar-refractivity contribution in [3.8, 4) is 0 Å². The second kappa shape index (κ2) is 8.15. The summed E-state index contributed by atoms with van der Waals surface area (Å²) in [6.45, 7) is 1.76. The zero-order valence-electron chi connectivity index (χ0n) is 16.5. The Morgan fingerprint density at radius 1 is 1.23 bits per heavy atom. The van der Waals surface area contributed by atoms with E-state index in [2.05, 4.69) is 10.3 Å². The molecule has 0 bridgehead atoms. The maximum absolute atomic E-state index is 13.5. The molecule has 0 spiro atoms. The summed E-state index contributed by atoms with van der Waals surface area (Å²) in [5, 5.41) is 2.76. The van der Waals surface area contributed by atoms with E-state index in [-0.39, 0.29) is 23.9 Å². The van der Waals surface area contributed by atoms with E-state index >= 15 is 0 Å². The molecule has 1 amide bonds. The summed E-state index contributed by atoms with van der Waals surface area (Å²) in [7, 11) is 0. The van der Waals surface area contributed by atoms with Gasteiger partial charge in [-0.15, -0.1) is 11.3 Å². The van der Waals surface area contributed by atoms with Gasteiger partial charge in [0.05, 0.1) is 6.54 Å². The maximum atomic E-state index is 13.5. The van der Waals surface area contributed by atoms with Gasteiger partial charge >= 0.3 is 5.69 Å². The Morgan fingerprint density at radius 3 is 2.77 bits per heavy atom. The van der Waals surface area contributed by atoms with Gasteiger partial charge in [-0.1, -0.05) is 12.1 Å². The van der Waals surface area contributed by atoms with Crippen molar-refractivity contribution in [3.05, 3.63) is 97.0 Å². The Labute approximate surface area is 179 Å². The summed E-state index contributed by atoms with van der Waals surface area (Å²) in [5.74, 6) is -0.484. The number of nitrogens with zero attached hydrogens (tertiary/aromatic N) is 3. The molecule has 158 valence electrons. The van der Waals surface area contributed by atoms with Crippen LogP contribution in [0.25, 0.3) is 4.83 Å². The highest BCUT2D eigenvalue weighted by Gasteiger charge is 2.17. The zero-order chi connectivity index (χ0) is 22.1. The lowest BCUT2D eigenvalue weighted by Gasteiger charge is -2.07. The number of aromatic nitrogens is 3. The lowest BCUT2D eigenvalue weighted by Crippen LogP contribution is -2.38. The number of thiazole rings is 1. The van der Waals surface area contributed by atoms with E-state index in [0.717, 1.165) is 21.5 Å². The van der Waals surface area contributed by atoms with Gasteiger partial charge in [0.25, 0.3) is 11.5 Å². The molecule has 0 unspecified atom stereocenters. The Balaban J connectivity index is 1.66.